The van der Waals surface area contributed by atoms with E-state index in [1.807, 2.05) is 61.5 Å². The molecule has 0 aromatic heterocycles. The van der Waals surface area contributed by atoms with E-state index in [9.17, 15) is 9.59 Å². The minimum atomic E-state index is -0.162. The van der Waals surface area contributed by atoms with E-state index in [1.165, 1.54) is 0 Å². The van der Waals surface area contributed by atoms with Crippen LogP contribution in [-0.2, 0) is 11.3 Å². The van der Waals surface area contributed by atoms with Gasteiger partial charge >= 0.3 is 0 Å². The Morgan fingerprint density at radius 3 is 2.41 bits per heavy atom. The Balaban J connectivity index is 2.09. The van der Waals surface area contributed by atoms with Crippen LogP contribution in [0.2, 0.25) is 0 Å². The molecule has 0 unspecified atom stereocenters. The van der Waals surface area contributed by atoms with Crippen molar-refractivity contribution in [3.05, 3.63) is 59.7 Å². The first kappa shape index (κ1) is 20.5. The molecule has 2 aromatic rings. The number of carbonyl (C=O) groups excluding carboxylic acids is 2. The maximum Gasteiger partial charge on any atom is 0.253 e. The molecule has 144 valence electrons. The van der Waals surface area contributed by atoms with Gasteiger partial charge in [-0.2, -0.15) is 0 Å². The Morgan fingerprint density at radius 1 is 1.00 bits per heavy atom. The van der Waals surface area contributed by atoms with Crippen molar-refractivity contribution in [3.63, 3.8) is 0 Å². The van der Waals surface area contributed by atoms with E-state index in [-0.39, 0.29) is 11.8 Å². The summed E-state index contributed by atoms with van der Waals surface area (Å²) in [4.78, 5) is 26.7. The summed E-state index contributed by atoms with van der Waals surface area (Å²) >= 11 is 0. The van der Waals surface area contributed by atoms with E-state index < -0.39 is 0 Å². The molecule has 5 heteroatoms. The zero-order valence-corrected chi connectivity index (χ0v) is 16.4. The number of unbranched alkanes of at least 4 members (excludes halogenated alkanes) is 2. The molecule has 0 heterocycles. The summed E-state index contributed by atoms with van der Waals surface area (Å²) in [6.07, 6.45) is 3.50. The number of carbonyl (C=O) groups is 2. The molecule has 0 aliphatic heterocycles. The normalized spacial score (nSPS) is 10.3. The molecule has 2 aromatic carbocycles. The molecule has 0 bridgehead atoms. The summed E-state index contributed by atoms with van der Waals surface area (Å²) in [5, 5.41) is 5.85. The molecule has 0 radical (unpaired) electrons. The summed E-state index contributed by atoms with van der Waals surface area (Å²) in [5.41, 5.74) is 3.04. The van der Waals surface area contributed by atoms with Crippen LogP contribution in [-0.4, -0.2) is 25.9 Å². The predicted octanol–water partition coefficient (Wildman–Crippen LogP) is 4.20. The van der Waals surface area contributed by atoms with Crippen molar-refractivity contribution in [3.8, 4) is 0 Å². The molecule has 27 heavy (non-hydrogen) atoms. The Kier molecular flexibility index (Phi) is 7.86. The lowest BCUT2D eigenvalue weighted by atomic mass is 10.1. The van der Waals surface area contributed by atoms with Crippen molar-refractivity contribution in [2.24, 2.45) is 0 Å². The second-order valence-corrected chi connectivity index (χ2v) is 6.80. The van der Waals surface area contributed by atoms with Crippen molar-refractivity contribution in [1.29, 1.82) is 0 Å². The second-order valence-electron chi connectivity index (χ2n) is 6.80. The predicted molar refractivity (Wildman–Crippen MR) is 111 cm³/mol. The van der Waals surface area contributed by atoms with Gasteiger partial charge < -0.3 is 15.5 Å². The second kappa shape index (κ2) is 10.4. The highest BCUT2D eigenvalue weighted by Crippen LogP contribution is 2.23. The van der Waals surface area contributed by atoms with Gasteiger partial charge in [0.05, 0.1) is 5.56 Å². The average Bonchev–Trinajstić information content (AvgIpc) is 2.67. The zero-order valence-electron chi connectivity index (χ0n) is 16.4. The smallest absolute Gasteiger partial charge is 0.253 e. The van der Waals surface area contributed by atoms with Crippen LogP contribution < -0.4 is 15.5 Å². The SMILES string of the molecule is CCCCCC(=O)Nc1ccc(N(C)C)c(C(=O)NCc2ccccc2)c1. The number of rotatable bonds is 9. The Morgan fingerprint density at radius 2 is 1.74 bits per heavy atom. The van der Waals surface area contributed by atoms with Crippen LogP contribution in [0.15, 0.2) is 48.5 Å². The largest absolute Gasteiger partial charge is 0.377 e. The van der Waals surface area contributed by atoms with E-state index in [0.717, 1.165) is 30.5 Å². The van der Waals surface area contributed by atoms with Gasteiger partial charge in [-0.05, 0) is 30.2 Å². The van der Waals surface area contributed by atoms with Gasteiger partial charge in [-0.3, -0.25) is 9.59 Å². The van der Waals surface area contributed by atoms with Gasteiger partial charge in [-0.15, -0.1) is 0 Å². The molecule has 0 aliphatic carbocycles. The lowest BCUT2D eigenvalue weighted by molar-refractivity contribution is -0.116. The topological polar surface area (TPSA) is 61.4 Å². The fourth-order valence-corrected chi connectivity index (χ4v) is 2.82. The molecule has 0 saturated heterocycles. The zero-order chi connectivity index (χ0) is 19.6. The van der Waals surface area contributed by atoms with Gasteiger partial charge in [0.15, 0.2) is 0 Å². The summed E-state index contributed by atoms with van der Waals surface area (Å²) < 4.78 is 0. The summed E-state index contributed by atoms with van der Waals surface area (Å²) in [6, 6.07) is 15.2. The van der Waals surface area contributed by atoms with E-state index in [4.69, 9.17) is 0 Å². The van der Waals surface area contributed by atoms with Gasteiger partial charge in [0.25, 0.3) is 5.91 Å². The first-order valence-electron chi connectivity index (χ1n) is 9.44. The summed E-state index contributed by atoms with van der Waals surface area (Å²) in [5.74, 6) is -0.179. The average molecular weight is 367 g/mol. The van der Waals surface area contributed by atoms with Crippen molar-refractivity contribution < 1.29 is 9.59 Å². The van der Waals surface area contributed by atoms with Crippen molar-refractivity contribution in [2.75, 3.05) is 24.3 Å². The maximum absolute atomic E-state index is 12.7. The molecular weight excluding hydrogens is 338 g/mol. The Bertz CT molecular complexity index is 757. The highest BCUT2D eigenvalue weighted by Gasteiger charge is 2.14. The standard InChI is InChI=1S/C22H29N3O2/c1-4-5-7-12-21(26)24-18-13-14-20(25(2)3)19(15-18)22(27)23-16-17-10-8-6-9-11-17/h6,8-11,13-15H,4-5,7,12,16H2,1-3H3,(H,23,27)(H,24,26). The molecule has 0 saturated carbocycles. The first-order chi connectivity index (χ1) is 13.0. The van der Waals surface area contributed by atoms with E-state index in [1.54, 1.807) is 6.07 Å². The molecule has 0 aliphatic rings. The number of hydrogen-bond acceptors (Lipinski definition) is 3. The van der Waals surface area contributed by atoms with E-state index in [0.29, 0.717) is 24.2 Å². The maximum atomic E-state index is 12.7. The monoisotopic (exact) mass is 367 g/mol. The minimum Gasteiger partial charge on any atom is -0.377 e. The fourth-order valence-electron chi connectivity index (χ4n) is 2.82. The highest BCUT2D eigenvalue weighted by molar-refractivity contribution is 6.02. The van der Waals surface area contributed by atoms with Gasteiger partial charge in [0.1, 0.15) is 0 Å². The van der Waals surface area contributed by atoms with Crippen LogP contribution in [0.25, 0.3) is 0 Å². The van der Waals surface area contributed by atoms with Gasteiger partial charge in [-0.25, -0.2) is 0 Å². The lowest BCUT2D eigenvalue weighted by Crippen LogP contribution is -2.25. The summed E-state index contributed by atoms with van der Waals surface area (Å²) in [6.45, 7) is 2.57. The minimum absolute atomic E-state index is 0.0169. The number of hydrogen-bond donors (Lipinski definition) is 2. The Hall–Kier alpha value is -2.82. The number of anilines is 2. The molecule has 0 atom stereocenters. The Labute approximate surface area is 161 Å². The van der Waals surface area contributed by atoms with E-state index >= 15 is 0 Å². The highest BCUT2D eigenvalue weighted by atomic mass is 16.2. The molecular formula is C22H29N3O2. The first-order valence-corrected chi connectivity index (χ1v) is 9.44. The third-order valence-electron chi connectivity index (χ3n) is 4.31. The number of benzene rings is 2. The third-order valence-corrected chi connectivity index (χ3v) is 4.31. The van der Waals surface area contributed by atoms with Crippen LogP contribution in [0.3, 0.4) is 0 Å². The van der Waals surface area contributed by atoms with Gasteiger partial charge in [0.2, 0.25) is 5.91 Å². The number of amides is 2. The molecule has 2 N–H and O–H groups in total. The molecule has 2 amide bonds. The van der Waals surface area contributed by atoms with Crippen molar-refractivity contribution >= 4 is 23.2 Å². The van der Waals surface area contributed by atoms with Gasteiger partial charge in [0, 0.05) is 38.4 Å². The summed E-state index contributed by atoms with van der Waals surface area (Å²) in [7, 11) is 3.79. The number of nitrogens with one attached hydrogen (secondary N) is 2. The van der Waals surface area contributed by atoms with Crippen molar-refractivity contribution in [1.82, 2.24) is 5.32 Å². The molecule has 5 nitrogen and oxygen atoms in total. The van der Waals surface area contributed by atoms with Gasteiger partial charge in [-0.1, -0.05) is 50.1 Å². The lowest BCUT2D eigenvalue weighted by Gasteiger charge is -2.18. The molecule has 2 rings (SSSR count). The molecule has 0 fully saturated rings. The van der Waals surface area contributed by atoms with Crippen LogP contribution in [0.4, 0.5) is 11.4 Å². The number of nitrogens with zero attached hydrogens (tertiary/aromatic N) is 1. The fraction of sp³-hybridized carbons (Fsp3) is 0.364. The van der Waals surface area contributed by atoms with Crippen LogP contribution >= 0.6 is 0 Å². The van der Waals surface area contributed by atoms with Crippen molar-refractivity contribution in [2.45, 2.75) is 39.2 Å². The third kappa shape index (κ3) is 6.44. The van der Waals surface area contributed by atoms with Crippen LogP contribution in [0.5, 0.6) is 0 Å². The molecule has 0 spiro atoms. The van der Waals surface area contributed by atoms with Crippen LogP contribution in [0.1, 0.15) is 48.5 Å². The van der Waals surface area contributed by atoms with Crippen LogP contribution in [0, 0.1) is 0 Å². The quantitative estimate of drug-likeness (QED) is 0.653. The van der Waals surface area contributed by atoms with E-state index in [2.05, 4.69) is 17.6 Å².